The van der Waals surface area contributed by atoms with Crippen LogP contribution in [0.2, 0.25) is 0 Å². The van der Waals surface area contributed by atoms with Gasteiger partial charge in [-0.1, -0.05) is 13.8 Å². The second kappa shape index (κ2) is 7.10. The van der Waals surface area contributed by atoms with Crippen molar-refractivity contribution in [2.45, 2.75) is 19.9 Å². The van der Waals surface area contributed by atoms with Gasteiger partial charge in [-0.3, -0.25) is 9.59 Å². The fraction of sp³-hybridized carbons (Fsp3) is 0.667. The zero-order valence-corrected chi connectivity index (χ0v) is 9.91. The molecule has 0 aromatic heterocycles. The van der Waals surface area contributed by atoms with Gasteiger partial charge >= 0.3 is 11.9 Å². The molecule has 1 amide bonds. The first-order chi connectivity index (χ1) is 7.34. The SMILES string of the molecule is CC(C)C(NC(=O)CSCC(=O)O)C(=O)O. The lowest BCUT2D eigenvalue weighted by atomic mass is 10.1. The van der Waals surface area contributed by atoms with Crippen molar-refractivity contribution in [1.82, 2.24) is 5.32 Å². The van der Waals surface area contributed by atoms with Crippen molar-refractivity contribution in [3.63, 3.8) is 0 Å². The number of carbonyl (C=O) groups is 3. The summed E-state index contributed by atoms with van der Waals surface area (Å²) < 4.78 is 0. The number of carbonyl (C=O) groups excluding carboxylic acids is 1. The van der Waals surface area contributed by atoms with Crippen molar-refractivity contribution in [2.75, 3.05) is 11.5 Å². The van der Waals surface area contributed by atoms with E-state index in [1.165, 1.54) is 0 Å². The Balaban J connectivity index is 4.01. The highest BCUT2D eigenvalue weighted by molar-refractivity contribution is 8.00. The van der Waals surface area contributed by atoms with E-state index in [-0.39, 0.29) is 17.4 Å². The largest absolute Gasteiger partial charge is 0.481 e. The lowest BCUT2D eigenvalue weighted by molar-refractivity contribution is -0.142. The number of carboxylic acids is 2. The van der Waals surface area contributed by atoms with Crippen LogP contribution in [0.5, 0.6) is 0 Å². The Morgan fingerprint density at radius 3 is 2.12 bits per heavy atom. The lowest BCUT2D eigenvalue weighted by Gasteiger charge is -2.17. The molecule has 0 aliphatic heterocycles. The Hall–Kier alpha value is -1.24. The van der Waals surface area contributed by atoms with Crippen LogP contribution in [0, 0.1) is 5.92 Å². The molecule has 92 valence electrons. The molecule has 0 aliphatic carbocycles. The minimum Gasteiger partial charge on any atom is -0.481 e. The molecule has 0 spiro atoms. The second-order valence-electron chi connectivity index (χ2n) is 3.51. The molecule has 0 aromatic carbocycles. The average molecular weight is 249 g/mol. The van der Waals surface area contributed by atoms with Gasteiger partial charge in [0, 0.05) is 0 Å². The molecule has 1 unspecified atom stereocenters. The molecule has 0 aromatic rings. The van der Waals surface area contributed by atoms with Crippen LogP contribution in [0.1, 0.15) is 13.8 Å². The van der Waals surface area contributed by atoms with Crippen molar-refractivity contribution in [3.05, 3.63) is 0 Å². The van der Waals surface area contributed by atoms with E-state index in [1.807, 2.05) is 0 Å². The van der Waals surface area contributed by atoms with E-state index in [1.54, 1.807) is 13.8 Å². The number of carboxylic acid groups (broad SMARTS) is 2. The summed E-state index contributed by atoms with van der Waals surface area (Å²) in [5, 5.41) is 19.5. The summed E-state index contributed by atoms with van der Waals surface area (Å²) in [6.07, 6.45) is 0. The van der Waals surface area contributed by atoms with Crippen LogP contribution in [0.15, 0.2) is 0 Å². The molecule has 0 rings (SSSR count). The van der Waals surface area contributed by atoms with Gasteiger partial charge in [0.2, 0.25) is 5.91 Å². The van der Waals surface area contributed by atoms with Gasteiger partial charge in [0.1, 0.15) is 6.04 Å². The summed E-state index contributed by atoms with van der Waals surface area (Å²) >= 11 is 0.930. The van der Waals surface area contributed by atoms with Gasteiger partial charge in [-0.25, -0.2) is 4.79 Å². The maximum absolute atomic E-state index is 11.3. The Kier molecular flexibility index (Phi) is 6.55. The summed E-state index contributed by atoms with van der Waals surface area (Å²) in [4.78, 5) is 32.2. The fourth-order valence-corrected chi connectivity index (χ4v) is 1.51. The predicted octanol–water partition coefficient (Wildman–Crippen LogP) is 0.0296. The molecular formula is C9H15NO5S. The molecule has 7 heteroatoms. The van der Waals surface area contributed by atoms with E-state index in [0.717, 1.165) is 11.8 Å². The summed E-state index contributed by atoms with van der Waals surface area (Å²) in [6, 6.07) is -0.932. The summed E-state index contributed by atoms with van der Waals surface area (Å²) in [5.41, 5.74) is 0. The van der Waals surface area contributed by atoms with E-state index in [0.29, 0.717) is 0 Å². The highest BCUT2D eigenvalue weighted by atomic mass is 32.2. The average Bonchev–Trinajstić information content (AvgIpc) is 2.12. The number of aliphatic carboxylic acids is 2. The zero-order chi connectivity index (χ0) is 12.7. The molecule has 0 bridgehead atoms. The van der Waals surface area contributed by atoms with Crippen LogP contribution >= 0.6 is 11.8 Å². The molecule has 1 atom stereocenters. The summed E-state index contributed by atoms with van der Waals surface area (Å²) in [5.74, 6) is -3.00. The minimum absolute atomic E-state index is 0.0528. The third kappa shape index (κ3) is 6.28. The van der Waals surface area contributed by atoms with Crippen molar-refractivity contribution >= 4 is 29.6 Å². The van der Waals surface area contributed by atoms with E-state index < -0.39 is 23.9 Å². The normalized spacial score (nSPS) is 12.2. The van der Waals surface area contributed by atoms with Crippen molar-refractivity contribution in [1.29, 1.82) is 0 Å². The molecule has 0 fully saturated rings. The molecule has 0 radical (unpaired) electrons. The maximum Gasteiger partial charge on any atom is 0.326 e. The molecular weight excluding hydrogens is 234 g/mol. The van der Waals surface area contributed by atoms with E-state index in [9.17, 15) is 14.4 Å². The van der Waals surface area contributed by atoms with Gasteiger partial charge in [0.25, 0.3) is 0 Å². The standard InChI is InChI=1S/C9H15NO5S/c1-5(2)8(9(14)15)10-6(11)3-16-4-7(12)13/h5,8H,3-4H2,1-2H3,(H,10,11)(H,12,13)(H,14,15). The van der Waals surface area contributed by atoms with E-state index in [2.05, 4.69) is 5.32 Å². The van der Waals surface area contributed by atoms with Crippen LogP contribution in [0.25, 0.3) is 0 Å². The monoisotopic (exact) mass is 249 g/mol. The number of hydrogen-bond donors (Lipinski definition) is 3. The fourth-order valence-electron chi connectivity index (χ4n) is 0.960. The van der Waals surface area contributed by atoms with Crippen LogP contribution < -0.4 is 5.32 Å². The molecule has 0 saturated carbocycles. The lowest BCUT2D eigenvalue weighted by Crippen LogP contribution is -2.45. The zero-order valence-electron chi connectivity index (χ0n) is 9.10. The number of hydrogen-bond acceptors (Lipinski definition) is 4. The van der Waals surface area contributed by atoms with Gasteiger partial charge < -0.3 is 15.5 Å². The van der Waals surface area contributed by atoms with Gasteiger partial charge in [0.15, 0.2) is 0 Å². The molecule has 16 heavy (non-hydrogen) atoms. The quantitative estimate of drug-likeness (QED) is 0.588. The number of amides is 1. The third-order valence-electron chi connectivity index (χ3n) is 1.71. The molecule has 3 N–H and O–H groups in total. The van der Waals surface area contributed by atoms with Crippen LogP contribution in [-0.2, 0) is 14.4 Å². The van der Waals surface area contributed by atoms with Crippen LogP contribution in [0.4, 0.5) is 0 Å². The van der Waals surface area contributed by atoms with Crippen molar-refractivity contribution < 1.29 is 24.6 Å². The van der Waals surface area contributed by atoms with Gasteiger partial charge in [0.05, 0.1) is 11.5 Å². The summed E-state index contributed by atoms with van der Waals surface area (Å²) in [7, 11) is 0. The first kappa shape index (κ1) is 14.8. The Labute approximate surface area is 97.4 Å². The maximum atomic E-state index is 11.3. The van der Waals surface area contributed by atoms with Gasteiger partial charge in [-0.2, -0.15) is 0 Å². The summed E-state index contributed by atoms with van der Waals surface area (Å²) in [6.45, 7) is 3.37. The van der Waals surface area contributed by atoms with Crippen LogP contribution in [0.3, 0.4) is 0 Å². The van der Waals surface area contributed by atoms with Gasteiger partial charge in [-0.05, 0) is 5.92 Å². The minimum atomic E-state index is -1.09. The molecule has 0 aliphatic rings. The third-order valence-corrected chi connectivity index (χ3v) is 2.63. The molecule has 6 nitrogen and oxygen atoms in total. The molecule has 0 heterocycles. The Morgan fingerprint density at radius 2 is 1.75 bits per heavy atom. The Morgan fingerprint density at radius 1 is 1.19 bits per heavy atom. The first-order valence-electron chi connectivity index (χ1n) is 4.66. The topological polar surface area (TPSA) is 104 Å². The van der Waals surface area contributed by atoms with Gasteiger partial charge in [-0.15, -0.1) is 11.8 Å². The highest BCUT2D eigenvalue weighted by Gasteiger charge is 2.23. The van der Waals surface area contributed by atoms with Crippen molar-refractivity contribution in [3.8, 4) is 0 Å². The number of thioether (sulfide) groups is 1. The van der Waals surface area contributed by atoms with E-state index >= 15 is 0 Å². The van der Waals surface area contributed by atoms with Crippen molar-refractivity contribution in [2.24, 2.45) is 5.92 Å². The van der Waals surface area contributed by atoms with Crippen LogP contribution in [-0.4, -0.2) is 45.6 Å². The number of rotatable bonds is 7. The second-order valence-corrected chi connectivity index (χ2v) is 4.50. The Bertz CT molecular complexity index is 279. The van der Waals surface area contributed by atoms with E-state index in [4.69, 9.17) is 10.2 Å². The number of nitrogens with one attached hydrogen (secondary N) is 1. The molecule has 0 saturated heterocycles. The smallest absolute Gasteiger partial charge is 0.326 e. The highest BCUT2D eigenvalue weighted by Crippen LogP contribution is 2.03. The predicted molar refractivity (Wildman–Crippen MR) is 59.4 cm³/mol. The first-order valence-corrected chi connectivity index (χ1v) is 5.81.